The van der Waals surface area contributed by atoms with Crippen LogP contribution >= 0.6 is 0 Å². The molecule has 7 nitrogen and oxygen atoms in total. The van der Waals surface area contributed by atoms with Crippen LogP contribution in [0.25, 0.3) is 5.69 Å². The highest BCUT2D eigenvalue weighted by molar-refractivity contribution is 5.96. The van der Waals surface area contributed by atoms with Gasteiger partial charge in [-0.05, 0) is 50.6 Å². The molecule has 0 radical (unpaired) electrons. The van der Waals surface area contributed by atoms with Gasteiger partial charge in [0.25, 0.3) is 11.8 Å². The van der Waals surface area contributed by atoms with E-state index in [-0.39, 0.29) is 5.56 Å². The predicted octanol–water partition coefficient (Wildman–Crippen LogP) is 3.16. The Balaban J connectivity index is 1.60. The Labute approximate surface area is 178 Å². The fourth-order valence-corrected chi connectivity index (χ4v) is 3.24. The highest BCUT2D eigenvalue weighted by atomic mass is 19.1. The number of carbonyl (C=O) groups is 3. The van der Waals surface area contributed by atoms with Crippen molar-refractivity contribution in [2.24, 2.45) is 0 Å². The van der Waals surface area contributed by atoms with Crippen LogP contribution in [0, 0.1) is 26.6 Å². The molecule has 0 saturated heterocycles. The number of esters is 1. The first kappa shape index (κ1) is 21.8. The van der Waals surface area contributed by atoms with Crippen molar-refractivity contribution < 1.29 is 23.5 Å². The van der Waals surface area contributed by atoms with Crippen LogP contribution in [0.2, 0.25) is 0 Å². The van der Waals surface area contributed by atoms with Crippen LogP contribution in [-0.2, 0) is 9.53 Å². The zero-order valence-electron chi connectivity index (χ0n) is 17.4. The average Bonchev–Trinajstić information content (AvgIpc) is 3.05. The van der Waals surface area contributed by atoms with Gasteiger partial charge in [0.1, 0.15) is 5.82 Å². The van der Waals surface area contributed by atoms with Crippen LogP contribution in [-0.4, -0.2) is 29.0 Å². The summed E-state index contributed by atoms with van der Waals surface area (Å²) in [7, 11) is 0. The van der Waals surface area contributed by atoms with E-state index in [9.17, 15) is 18.8 Å². The van der Waals surface area contributed by atoms with Gasteiger partial charge in [-0.3, -0.25) is 20.4 Å². The Morgan fingerprint density at radius 1 is 0.935 bits per heavy atom. The van der Waals surface area contributed by atoms with E-state index in [0.29, 0.717) is 11.3 Å². The molecule has 2 N–H and O–H groups in total. The van der Waals surface area contributed by atoms with Gasteiger partial charge in [-0.1, -0.05) is 30.3 Å². The van der Waals surface area contributed by atoms with Gasteiger partial charge in [-0.2, -0.15) is 0 Å². The van der Waals surface area contributed by atoms with E-state index in [1.54, 1.807) is 13.0 Å². The summed E-state index contributed by atoms with van der Waals surface area (Å²) in [4.78, 5) is 36.3. The van der Waals surface area contributed by atoms with Crippen molar-refractivity contribution in [1.29, 1.82) is 0 Å². The molecule has 8 heteroatoms. The van der Waals surface area contributed by atoms with Crippen LogP contribution in [0.3, 0.4) is 0 Å². The summed E-state index contributed by atoms with van der Waals surface area (Å²) in [6.07, 6.45) is 0. The van der Waals surface area contributed by atoms with Crippen LogP contribution in [0.15, 0.2) is 54.6 Å². The maximum atomic E-state index is 13.6. The molecule has 0 atom stereocenters. The first-order valence-electron chi connectivity index (χ1n) is 9.55. The minimum atomic E-state index is -0.820. The Kier molecular flexibility index (Phi) is 6.49. The number of para-hydroxylation sites is 1. The van der Waals surface area contributed by atoms with E-state index >= 15 is 0 Å². The lowest BCUT2D eigenvalue weighted by Gasteiger charge is -2.12. The van der Waals surface area contributed by atoms with Crippen molar-refractivity contribution in [1.82, 2.24) is 15.4 Å². The molecule has 2 amide bonds. The first-order valence-corrected chi connectivity index (χ1v) is 9.55. The van der Waals surface area contributed by atoms with E-state index in [0.717, 1.165) is 23.0 Å². The van der Waals surface area contributed by atoms with Gasteiger partial charge in [-0.25, -0.2) is 9.18 Å². The topological polar surface area (TPSA) is 89.4 Å². The van der Waals surface area contributed by atoms with Gasteiger partial charge < -0.3 is 9.30 Å². The molecule has 0 aliphatic carbocycles. The second-order valence-electron chi connectivity index (χ2n) is 6.96. The molecule has 0 unspecified atom stereocenters. The molecule has 0 fully saturated rings. The largest absolute Gasteiger partial charge is 0.452 e. The van der Waals surface area contributed by atoms with Gasteiger partial charge in [0, 0.05) is 17.1 Å². The minimum absolute atomic E-state index is 0.219. The third-order valence-electron chi connectivity index (χ3n) is 4.78. The molecular weight excluding hydrogens is 401 g/mol. The number of halogens is 1. The van der Waals surface area contributed by atoms with Crippen LogP contribution in [0.5, 0.6) is 0 Å². The van der Waals surface area contributed by atoms with Crippen molar-refractivity contribution in [3.05, 3.63) is 88.5 Å². The summed E-state index contributed by atoms with van der Waals surface area (Å²) >= 11 is 0. The van der Waals surface area contributed by atoms with E-state index in [2.05, 4.69) is 10.9 Å². The van der Waals surface area contributed by atoms with Crippen molar-refractivity contribution in [2.75, 3.05) is 6.61 Å². The Morgan fingerprint density at radius 3 is 2.32 bits per heavy atom. The first-order chi connectivity index (χ1) is 14.8. The van der Waals surface area contributed by atoms with Gasteiger partial charge in [-0.15, -0.1) is 0 Å². The summed E-state index contributed by atoms with van der Waals surface area (Å²) < 4.78 is 20.6. The SMILES string of the molecule is Cc1ccccc1-n1c(C)cc(C(=O)OCC(=O)NNC(=O)c2ccccc2F)c1C. The molecule has 0 bridgehead atoms. The Hall–Kier alpha value is -3.94. The van der Waals surface area contributed by atoms with Crippen molar-refractivity contribution >= 4 is 17.8 Å². The van der Waals surface area contributed by atoms with E-state index in [4.69, 9.17) is 4.74 Å². The molecule has 3 aromatic rings. The summed E-state index contributed by atoms with van der Waals surface area (Å²) in [5.74, 6) is -2.96. The number of rotatable bonds is 5. The fourth-order valence-electron chi connectivity index (χ4n) is 3.24. The Bertz CT molecular complexity index is 1150. The molecule has 2 aromatic carbocycles. The van der Waals surface area contributed by atoms with E-state index in [1.807, 2.05) is 42.7 Å². The molecule has 160 valence electrons. The predicted molar refractivity (Wildman–Crippen MR) is 112 cm³/mol. The number of aromatic nitrogens is 1. The van der Waals surface area contributed by atoms with E-state index in [1.165, 1.54) is 18.2 Å². The number of hydrogen-bond donors (Lipinski definition) is 2. The molecule has 0 spiro atoms. The second-order valence-corrected chi connectivity index (χ2v) is 6.96. The zero-order chi connectivity index (χ0) is 22.5. The summed E-state index contributed by atoms with van der Waals surface area (Å²) in [5.41, 5.74) is 7.82. The van der Waals surface area contributed by atoms with Crippen LogP contribution in [0.1, 0.15) is 37.7 Å². The standard InChI is InChI=1S/C23H22FN3O4/c1-14-8-4-7-11-20(14)27-15(2)12-18(16(27)3)23(30)31-13-21(28)25-26-22(29)17-9-5-6-10-19(17)24/h4-12H,13H2,1-3H3,(H,25,28)(H,26,29). The summed E-state index contributed by atoms with van der Waals surface area (Å²) in [6.45, 7) is 5.04. The number of nitrogens with one attached hydrogen (secondary N) is 2. The number of carbonyl (C=O) groups excluding carboxylic acids is 3. The van der Waals surface area contributed by atoms with Crippen LogP contribution < -0.4 is 10.9 Å². The second kappa shape index (κ2) is 9.25. The number of hydrogen-bond acceptors (Lipinski definition) is 4. The quantitative estimate of drug-likeness (QED) is 0.487. The van der Waals surface area contributed by atoms with Crippen molar-refractivity contribution in [3.63, 3.8) is 0 Å². The number of nitrogens with zero attached hydrogens (tertiary/aromatic N) is 1. The highest BCUT2D eigenvalue weighted by Crippen LogP contribution is 2.23. The van der Waals surface area contributed by atoms with Crippen LogP contribution in [0.4, 0.5) is 4.39 Å². The minimum Gasteiger partial charge on any atom is -0.452 e. The number of hydrazine groups is 1. The third kappa shape index (κ3) is 4.80. The maximum absolute atomic E-state index is 13.6. The number of amides is 2. The molecule has 1 heterocycles. The summed E-state index contributed by atoms with van der Waals surface area (Å²) in [6, 6.07) is 14.8. The van der Waals surface area contributed by atoms with Gasteiger partial charge in [0.2, 0.25) is 0 Å². The fraction of sp³-hybridized carbons (Fsp3) is 0.174. The van der Waals surface area contributed by atoms with E-state index < -0.39 is 30.2 Å². The average molecular weight is 423 g/mol. The lowest BCUT2D eigenvalue weighted by molar-refractivity contribution is -0.125. The zero-order valence-corrected chi connectivity index (χ0v) is 17.4. The molecule has 0 aliphatic rings. The summed E-state index contributed by atoms with van der Waals surface area (Å²) in [5, 5.41) is 0. The molecule has 0 saturated carbocycles. The lowest BCUT2D eigenvalue weighted by Crippen LogP contribution is -2.43. The maximum Gasteiger partial charge on any atom is 0.340 e. The Morgan fingerprint density at radius 2 is 1.61 bits per heavy atom. The number of ether oxygens (including phenoxy) is 1. The molecule has 31 heavy (non-hydrogen) atoms. The van der Waals surface area contributed by atoms with Gasteiger partial charge in [0.05, 0.1) is 11.1 Å². The molecule has 0 aliphatic heterocycles. The molecular formula is C23H22FN3O4. The van der Waals surface area contributed by atoms with Crippen molar-refractivity contribution in [3.8, 4) is 5.69 Å². The molecule has 3 rings (SSSR count). The number of aryl methyl sites for hydroxylation is 2. The monoisotopic (exact) mass is 423 g/mol. The van der Waals surface area contributed by atoms with Crippen molar-refractivity contribution in [2.45, 2.75) is 20.8 Å². The van der Waals surface area contributed by atoms with Gasteiger partial charge >= 0.3 is 5.97 Å². The number of benzene rings is 2. The smallest absolute Gasteiger partial charge is 0.340 e. The van der Waals surface area contributed by atoms with Gasteiger partial charge in [0.15, 0.2) is 6.61 Å². The lowest BCUT2D eigenvalue weighted by atomic mass is 10.2. The normalized spacial score (nSPS) is 10.5. The molecule has 1 aromatic heterocycles. The highest BCUT2D eigenvalue weighted by Gasteiger charge is 2.20. The third-order valence-corrected chi connectivity index (χ3v) is 4.78.